The fourth-order valence-corrected chi connectivity index (χ4v) is 0.757. The highest BCUT2D eigenvalue weighted by Crippen LogP contribution is 1.94. The zero-order chi connectivity index (χ0) is 8.81. The van der Waals surface area contributed by atoms with E-state index in [1.807, 2.05) is 26.0 Å². The number of aromatic nitrogens is 2. The first-order valence-electron chi connectivity index (χ1n) is 3.76. The molecule has 1 heterocycles. The van der Waals surface area contributed by atoms with Gasteiger partial charge in [-0.1, -0.05) is 6.08 Å². The van der Waals surface area contributed by atoms with Crippen molar-refractivity contribution in [3.05, 3.63) is 36.6 Å². The maximum atomic E-state index is 4.16. The zero-order valence-corrected chi connectivity index (χ0v) is 7.23. The maximum absolute atomic E-state index is 4.16. The van der Waals surface area contributed by atoms with E-state index in [0.29, 0.717) is 0 Å². The molecule has 0 aliphatic heterocycles. The first-order chi connectivity index (χ1) is 5.84. The number of aliphatic imine (C=N–C) groups is 1. The van der Waals surface area contributed by atoms with Gasteiger partial charge in [0, 0.05) is 12.4 Å². The fraction of sp³-hybridized carbons (Fsp3) is 0.222. The summed E-state index contributed by atoms with van der Waals surface area (Å²) in [4.78, 5) is 12.0. The summed E-state index contributed by atoms with van der Waals surface area (Å²) in [5, 5.41) is 0. The van der Waals surface area contributed by atoms with E-state index in [2.05, 4.69) is 15.0 Å². The molecule has 0 aromatic carbocycles. The lowest BCUT2D eigenvalue weighted by Gasteiger charge is -1.94. The van der Waals surface area contributed by atoms with Crippen LogP contribution in [0.3, 0.4) is 0 Å². The van der Waals surface area contributed by atoms with E-state index in [4.69, 9.17) is 0 Å². The molecule has 0 aliphatic rings. The largest absolute Gasteiger partial charge is 0.260 e. The standard InChI is InChI=1S/C9H11N3/c1-3-5-11-8(2)9-4-6-10-7-12-9/h3-7H,1-2H3/b5-3-,11-8?. The van der Waals surface area contributed by atoms with Crippen LogP contribution in [0.15, 0.2) is 35.9 Å². The Labute approximate surface area is 71.9 Å². The second-order valence-electron chi connectivity index (χ2n) is 2.29. The highest BCUT2D eigenvalue weighted by Gasteiger charge is 1.94. The van der Waals surface area contributed by atoms with E-state index in [-0.39, 0.29) is 0 Å². The minimum Gasteiger partial charge on any atom is -0.260 e. The summed E-state index contributed by atoms with van der Waals surface area (Å²) < 4.78 is 0. The van der Waals surface area contributed by atoms with Crippen LogP contribution in [0.4, 0.5) is 0 Å². The first kappa shape index (κ1) is 8.59. The summed E-state index contributed by atoms with van der Waals surface area (Å²) in [7, 11) is 0. The lowest BCUT2D eigenvalue weighted by Crippen LogP contribution is -1.97. The molecule has 1 aromatic heterocycles. The van der Waals surface area contributed by atoms with Crippen molar-refractivity contribution < 1.29 is 0 Å². The van der Waals surface area contributed by atoms with Gasteiger partial charge in [-0.25, -0.2) is 9.97 Å². The number of hydrogen-bond acceptors (Lipinski definition) is 3. The van der Waals surface area contributed by atoms with Crippen LogP contribution in [0.1, 0.15) is 19.5 Å². The maximum Gasteiger partial charge on any atom is 0.116 e. The Morgan fingerprint density at radius 1 is 1.58 bits per heavy atom. The molecule has 0 fully saturated rings. The second-order valence-corrected chi connectivity index (χ2v) is 2.29. The molecule has 3 heteroatoms. The molecule has 0 saturated carbocycles. The molecule has 0 radical (unpaired) electrons. The average molecular weight is 161 g/mol. The Morgan fingerprint density at radius 2 is 2.42 bits per heavy atom. The highest BCUT2D eigenvalue weighted by atomic mass is 14.8. The monoisotopic (exact) mass is 161 g/mol. The predicted molar refractivity (Wildman–Crippen MR) is 49.1 cm³/mol. The molecule has 1 rings (SSSR count). The Bertz CT molecular complexity index is 288. The average Bonchev–Trinajstić information content (AvgIpc) is 2.15. The summed E-state index contributed by atoms with van der Waals surface area (Å²) in [5.74, 6) is 0. The molecule has 12 heavy (non-hydrogen) atoms. The van der Waals surface area contributed by atoms with Crippen molar-refractivity contribution >= 4 is 5.71 Å². The molecule has 0 saturated heterocycles. The van der Waals surface area contributed by atoms with Crippen molar-refractivity contribution in [1.29, 1.82) is 0 Å². The van der Waals surface area contributed by atoms with Gasteiger partial charge in [0.2, 0.25) is 0 Å². The van der Waals surface area contributed by atoms with Crippen molar-refractivity contribution in [2.45, 2.75) is 13.8 Å². The molecule has 0 bridgehead atoms. The molecule has 1 aromatic rings. The SMILES string of the molecule is C/C=C\N=C(C)c1ccncn1. The quantitative estimate of drug-likeness (QED) is 0.620. The topological polar surface area (TPSA) is 38.1 Å². The van der Waals surface area contributed by atoms with Crippen LogP contribution in [0.5, 0.6) is 0 Å². The van der Waals surface area contributed by atoms with E-state index in [0.717, 1.165) is 11.4 Å². The third kappa shape index (κ3) is 2.27. The molecule has 0 spiro atoms. The smallest absolute Gasteiger partial charge is 0.116 e. The Balaban J connectivity index is 2.85. The molecule has 62 valence electrons. The van der Waals surface area contributed by atoms with Gasteiger partial charge in [-0.15, -0.1) is 0 Å². The Morgan fingerprint density at radius 3 is 3.00 bits per heavy atom. The van der Waals surface area contributed by atoms with Crippen LogP contribution >= 0.6 is 0 Å². The fourth-order valence-electron chi connectivity index (χ4n) is 0.757. The van der Waals surface area contributed by atoms with Gasteiger partial charge in [0.1, 0.15) is 6.33 Å². The van der Waals surface area contributed by atoms with E-state index >= 15 is 0 Å². The van der Waals surface area contributed by atoms with Crippen molar-refractivity contribution in [3.8, 4) is 0 Å². The number of allylic oxidation sites excluding steroid dienone is 1. The van der Waals surface area contributed by atoms with Crippen LogP contribution in [-0.4, -0.2) is 15.7 Å². The third-order valence-corrected chi connectivity index (χ3v) is 1.37. The summed E-state index contributed by atoms with van der Waals surface area (Å²) in [6.45, 7) is 3.85. The number of nitrogens with zero attached hydrogens (tertiary/aromatic N) is 3. The van der Waals surface area contributed by atoms with Gasteiger partial charge in [0.25, 0.3) is 0 Å². The first-order valence-corrected chi connectivity index (χ1v) is 3.76. The molecule has 0 atom stereocenters. The van der Waals surface area contributed by atoms with Crippen molar-refractivity contribution in [3.63, 3.8) is 0 Å². The molecule has 0 amide bonds. The van der Waals surface area contributed by atoms with Gasteiger partial charge in [-0.3, -0.25) is 4.99 Å². The van der Waals surface area contributed by atoms with Crippen LogP contribution in [0, 0.1) is 0 Å². The molecule has 0 unspecified atom stereocenters. The summed E-state index contributed by atoms with van der Waals surface area (Å²) in [6.07, 6.45) is 6.85. The molecule has 3 nitrogen and oxygen atoms in total. The van der Waals surface area contributed by atoms with E-state index in [1.54, 1.807) is 12.4 Å². The van der Waals surface area contributed by atoms with Gasteiger partial charge in [0.15, 0.2) is 0 Å². The van der Waals surface area contributed by atoms with E-state index in [9.17, 15) is 0 Å². The minimum absolute atomic E-state index is 0.864. The number of hydrogen-bond donors (Lipinski definition) is 0. The highest BCUT2D eigenvalue weighted by molar-refractivity contribution is 5.97. The summed E-state index contributed by atoms with van der Waals surface area (Å²) >= 11 is 0. The van der Waals surface area contributed by atoms with E-state index in [1.165, 1.54) is 6.33 Å². The number of rotatable bonds is 2. The van der Waals surface area contributed by atoms with Gasteiger partial charge >= 0.3 is 0 Å². The van der Waals surface area contributed by atoms with Crippen LogP contribution in [0.2, 0.25) is 0 Å². The third-order valence-electron chi connectivity index (χ3n) is 1.37. The van der Waals surface area contributed by atoms with Crippen molar-refractivity contribution in [2.75, 3.05) is 0 Å². The van der Waals surface area contributed by atoms with Crippen LogP contribution in [-0.2, 0) is 0 Å². The van der Waals surface area contributed by atoms with Gasteiger partial charge < -0.3 is 0 Å². The second kappa shape index (κ2) is 4.38. The minimum atomic E-state index is 0.864. The normalized spacial score (nSPS) is 12.3. The zero-order valence-electron chi connectivity index (χ0n) is 7.23. The summed E-state index contributed by atoms with van der Waals surface area (Å²) in [5.41, 5.74) is 1.76. The van der Waals surface area contributed by atoms with Crippen molar-refractivity contribution in [1.82, 2.24) is 9.97 Å². The van der Waals surface area contributed by atoms with E-state index < -0.39 is 0 Å². The molecular formula is C9H11N3. The predicted octanol–water partition coefficient (Wildman–Crippen LogP) is 1.82. The van der Waals surface area contributed by atoms with Gasteiger partial charge in [0.05, 0.1) is 11.4 Å². The molecular weight excluding hydrogens is 150 g/mol. The van der Waals surface area contributed by atoms with Crippen molar-refractivity contribution in [2.24, 2.45) is 4.99 Å². The van der Waals surface area contributed by atoms with Gasteiger partial charge in [-0.2, -0.15) is 0 Å². The van der Waals surface area contributed by atoms with Gasteiger partial charge in [-0.05, 0) is 19.9 Å². The van der Waals surface area contributed by atoms with Crippen LogP contribution in [0.25, 0.3) is 0 Å². The van der Waals surface area contributed by atoms with Crippen LogP contribution < -0.4 is 0 Å². The summed E-state index contributed by atoms with van der Waals surface area (Å²) in [6, 6.07) is 1.84. The lowest BCUT2D eigenvalue weighted by atomic mass is 10.3. The molecule has 0 aliphatic carbocycles. The lowest BCUT2D eigenvalue weighted by molar-refractivity contribution is 1.15. The Kier molecular flexibility index (Phi) is 3.14. The Hall–Kier alpha value is -1.51. The molecule has 0 N–H and O–H groups in total.